The van der Waals surface area contributed by atoms with Gasteiger partial charge in [-0.3, -0.25) is 0 Å². The molecule has 0 aromatic rings. The van der Waals surface area contributed by atoms with E-state index in [2.05, 4.69) is 0 Å². The zero-order valence-electron chi connectivity index (χ0n) is 8.45. The maximum absolute atomic E-state index is 1.68. The molecule has 7 aliphatic carbocycles. The molecule has 7 saturated carbocycles. The third-order valence-corrected chi connectivity index (χ3v) is 8.93. The number of rotatable bonds is 0. The van der Waals surface area contributed by atoms with Gasteiger partial charge in [0, 0.05) is 0 Å². The highest BCUT2D eigenvalue weighted by Gasteiger charge is 3.06. The van der Waals surface area contributed by atoms with Gasteiger partial charge in [0.1, 0.15) is 0 Å². The molecule has 7 fully saturated rings. The second-order valence-electron chi connectivity index (χ2n) is 7.73. The van der Waals surface area contributed by atoms with Crippen molar-refractivity contribution >= 4 is 0 Å². The van der Waals surface area contributed by atoms with Gasteiger partial charge in [0.05, 0.1) is 0 Å². The van der Waals surface area contributed by atoms with E-state index in [1.807, 2.05) is 0 Å². The van der Waals surface area contributed by atoms with E-state index in [-0.39, 0.29) is 0 Å². The Hall–Kier alpha value is 0. The molecule has 0 aliphatic heterocycles. The summed E-state index contributed by atoms with van der Waals surface area (Å²) >= 11 is 0. The molecule has 7 aliphatic rings. The second kappa shape index (κ2) is 1.17. The van der Waals surface area contributed by atoms with E-state index in [0.717, 1.165) is 10.8 Å². The Labute approximate surface area is 84.4 Å². The van der Waals surface area contributed by atoms with E-state index < -0.39 is 0 Å². The van der Waals surface area contributed by atoms with Gasteiger partial charge in [0.15, 0.2) is 0 Å². The highest BCUT2D eigenvalue weighted by molar-refractivity contribution is 5.52. The van der Waals surface area contributed by atoms with Crippen LogP contribution in [0.1, 0.15) is 25.7 Å². The molecule has 14 heavy (non-hydrogen) atoms. The van der Waals surface area contributed by atoms with Crippen LogP contribution in [0.25, 0.3) is 0 Å². The predicted octanol–water partition coefficient (Wildman–Crippen LogP) is 2.54. The number of hydrogen-bond donors (Lipinski definition) is 0. The Bertz CT molecular complexity index is 392. The maximum atomic E-state index is 1.68. The smallest absolute Gasteiger partial charge is 0.0131 e. The summed E-state index contributed by atoms with van der Waals surface area (Å²) in [6, 6.07) is 0. The summed E-state index contributed by atoms with van der Waals surface area (Å²) in [5.41, 5.74) is 2.15. The topological polar surface area (TPSA) is 0 Å². The summed E-state index contributed by atoms with van der Waals surface area (Å²) < 4.78 is 0. The fourth-order valence-electron chi connectivity index (χ4n) is 9.58. The van der Waals surface area contributed by atoms with E-state index in [0.29, 0.717) is 0 Å². The molecule has 0 heteroatoms. The average molecular weight is 184 g/mol. The normalized spacial score (nSPS) is 96.0. The zero-order valence-corrected chi connectivity index (χ0v) is 8.45. The van der Waals surface area contributed by atoms with Gasteiger partial charge in [-0.1, -0.05) is 0 Å². The van der Waals surface area contributed by atoms with Crippen LogP contribution < -0.4 is 0 Å². The molecule has 0 aromatic carbocycles. The SMILES string of the molecule is C1CC2C3C1C1C4CC5CC6C2C31C546. The van der Waals surface area contributed by atoms with Crippen molar-refractivity contribution in [3.8, 4) is 0 Å². The Kier molecular flexibility index (Phi) is 0.494. The zero-order chi connectivity index (χ0) is 8.45. The molecule has 0 aromatic heterocycles. The molecule has 0 saturated heterocycles. The standard InChI is InChI=1S/C14H16/c1-2-7-10-6(1)11-8-3-5-4-9-12(7)14(10,11)13(5,8)9/h5-12H,1-4H2. The molecule has 0 radical (unpaired) electrons. The van der Waals surface area contributed by atoms with Crippen molar-refractivity contribution in [2.45, 2.75) is 25.7 Å². The van der Waals surface area contributed by atoms with E-state index in [1.165, 1.54) is 47.3 Å². The van der Waals surface area contributed by atoms with Crippen LogP contribution in [-0.4, -0.2) is 0 Å². The number of fused-ring (bicyclic) bond motifs is 4. The van der Waals surface area contributed by atoms with E-state index in [4.69, 9.17) is 0 Å². The first-order valence-electron chi connectivity index (χ1n) is 6.93. The Morgan fingerprint density at radius 2 is 1.36 bits per heavy atom. The first-order chi connectivity index (χ1) is 6.93. The average Bonchev–Trinajstić information content (AvgIpc) is 2.35. The molecule has 2 spiro atoms. The molecule has 72 valence electrons. The van der Waals surface area contributed by atoms with Gasteiger partial charge < -0.3 is 0 Å². The lowest BCUT2D eigenvalue weighted by Gasteiger charge is -3.07. The quantitative estimate of drug-likeness (QED) is 0.542. The van der Waals surface area contributed by atoms with Crippen molar-refractivity contribution in [3.05, 3.63) is 0 Å². The molecule has 6 atom stereocenters. The Balaban J connectivity index is 1.58. The van der Waals surface area contributed by atoms with E-state index in [1.54, 1.807) is 25.7 Å². The summed E-state index contributed by atoms with van der Waals surface area (Å²) in [6.07, 6.45) is 6.68. The Morgan fingerprint density at radius 1 is 0.714 bits per heavy atom. The molecular weight excluding hydrogens is 168 g/mol. The summed E-state index contributed by atoms with van der Waals surface area (Å²) in [6.45, 7) is 0. The van der Waals surface area contributed by atoms with E-state index >= 15 is 0 Å². The highest BCUT2D eigenvalue weighted by Crippen LogP contribution is 3.09. The maximum Gasteiger partial charge on any atom is -0.0131 e. The third kappa shape index (κ3) is 0.216. The molecule has 7 rings (SSSR count). The molecule has 0 bridgehead atoms. The first-order valence-corrected chi connectivity index (χ1v) is 6.93. The van der Waals surface area contributed by atoms with Crippen molar-refractivity contribution < 1.29 is 0 Å². The molecule has 6 unspecified atom stereocenters. The fraction of sp³-hybridized carbons (Fsp3) is 1.00. The van der Waals surface area contributed by atoms with Crippen LogP contribution in [0.5, 0.6) is 0 Å². The van der Waals surface area contributed by atoms with Gasteiger partial charge in [-0.2, -0.15) is 0 Å². The lowest BCUT2D eigenvalue weighted by atomic mass is 8.96. The summed E-state index contributed by atoms with van der Waals surface area (Å²) in [5.74, 6) is 10.3. The lowest BCUT2D eigenvalue weighted by molar-refractivity contribution is -0.611. The minimum absolute atomic E-state index is 1.07. The van der Waals surface area contributed by atoms with Crippen molar-refractivity contribution in [1.82, 2.24) is 0 Å². The van der Waals surface area contributed by atoms with Crippen LogP contribution in [-0.2, 0) is 0 Å². The molecule has 0 heterocycles. The van der Waals surface area contributed by atoms with Crippen LogP contribution in [0, 0.1) is 58.2 Å². The van der Waals surface area contributed by atoms with Gasteiger partial charge in [-0.15, -0.1) is 0 Å². The van der Waals surface area contributed by atoms with Crippen molar-refractivity contribution in [2.24, 2.45) is 58.2 Å². The van der Waals surface area contributed by atoms with Gasteiger partial charge in [0.2, 0.25) is 0 Å². The fourth-order valence-corrected chi connectivity index (χ4v) is 9.58. The predicted molar refractivity (Wildman–Crippen MR) is 51.3 cm³/mol. The molecular formula is C14H16. The van der Waals surface area contributed by atoms with Crippen molar-refractivity contribution in [1.29, 1.82) is 0 Å². The minimum Gasteiger partial charge on any atom is -0.0496 e. The molecule has 0 nitrogen and oxygen atoms in total. The second-order valence-corrected chi connectivity index (χ2v) is 7.73. The largest absolute Gasteiger partial charge is 0.0496 e. The first kappa shape index (κ1) is 5.92. The van der Waals surface area contributed by atoms with Crippen LogP contribution in [0.4, 0.5) is 0 Å². The monoisotopic (exact) mass is 184 g/mol. The van der Waals surface area contributed by atoms with Gasteiger partial charge in [-0.25, -0.2) is 0 Å². The van der Waals surface area contributed by atoms with Gasteiger partial charge >= 0.3 is 0 Å². The van der Waals surface area contributed by atoms with Crippen molar-refractivity contribution in [2.75, 3.05) is 0 Å². The van der Waals surface area contributed by atoms with Crippen molar-refractivity contribution in [3.63, 3.8) is 0 Å². The van der Waals surface area contributed by atoms with Crippen LogP contribution in [0.15, 0.2) is 0 Å². The lowest BCUT2D eigenvalue weighted by Crippen LogP contribution is -3.04. The van der Waals surface area contributed by atoms with Crippen LogP contribution >= 0.6 is 0 Å². The molecule has 0 amide bonds. The minimum atomic E-state index is 1.07. The van der Waals surface area contributed by atoms with Crippen LogP contribution in [0.3, 0.4) is 0 Å². The summed E-state index contributed by atoms with van der Waals surface area (Å²) in [5, 5.41) is 0. The van der Waals surface area contributed by atoms with Crippen LogP contribution in [0.2, 0.25) is 0 Å². The summed E-state index contributed by atoms with van der Waals surface area (Å²) in [4.78, 5) is 0. The van der Waals surface area contributed by atoms with E-state index in [9.17, 15) is 0 Å². The number of hydrogen-bond acceptors (Lipinski definition) is 0. The third-order valence-electron chi connectivity index (χ3n) is 8.93. The highest BCUT2D eigenvalue weighted by atomic mass is 15.1. The van der Waals surface area contributed by atoms with Gasteiger partial charge in [0.25, 0.3) is 0 Å². The Morgan fingerprint density at radius 3 is 1.93 bits per heavy atom. The molecule has 0 N–H and O–H groups in total. The summed E-state index contributed by atoms with van der Waals surface area (Å²) in [7, 11) is 0. The van der Waals surface area contributed by atoms with Gasteiger partial charge in [-0.05, 0) is 83.9 Å².